The van der Waals surface area contributed by atoms with Crippen LogP contribution < -0.4 is 10.5 Å². The summed E-state index contributed by atoms with van der Waals surface area (Å²) < 4.78 is 32.4. The van der Waals surface area contributed by atoms with E-state index >= 15 is 0 Å². The van der Waals surface area contributed by atoms with Gasteiger partial charge in [0.2, 0.25) is 10.0 Å². The average molecular weight is 315 g/mol. The zero-order chi connectivity index (χ0) is 15.6. The minimum atomic E-state index is -4.00. The number of anilines is 1. The van der Waals surface area contributed by atoms with Crippen LogP contribution in [-0.2, 0) is 14.8 Å². The Hall–Kier alpha value is -1.71. The van der Waals surface area contributed by atoms with Crippen LogP contribution in [0.1, 0.15) is 19.3 Å². The molecule has 2 unspecified atom stereocenters. The number of hydrogen-bond acceptors (Lipinski definition) is 6. The first-order chi connectivity index (χ1) is 9.83. The van der Waals surface area contributed by atoms with Crippen LogP contribution in [0.15, 0.2) is 23.1 Å². The van der Waals surface area contributed by atoms with E-state index in [1.54, 1.807) is 7.11 Å². The van der Waals surface area contributed by atoms with Crippen molar-refractivity contribution < 1.29 is 18.1 Å². The molecule has 3 N–H and O–H groups in total. The van der Waals surface area contributed by atoms with Gasteiger partial charge in [0.15, 0.2) is 4.90 Å². The van der Waals surface area contributed by atoms with E-state index in [9.17, 15) is 18.5 Å². The van der Waals surface area contributed by atoms with E-state index in [0.717, 1.165) is 18.6 Å². The zero-order valence-corrected chi connectivity index (χ0v) is 12.3. The number of nitro groups is 1. The van der Waals surface area contributed by atoms with Gasteiger partial charge in [-0.25, -0.2) is 13.1 Å². The summed E-state index contributed by atoms with van der Waals surface area (Å²) in [6.07, 6.45) is 1.94. The van der Waals surface area contributed by atoms with Gasteiger partial charge in [0, 0.05) is 24.9 Å². The molecule has 0 saturated heterocycles. The average Bonchev–Trinajstić information content (AvgIpc) is 2.85. The lowest BCUT2D eigenvalue weighted by molar-refractivity contribution is -0.387. The lowest BCUT2D eigenvalue weighted by Crippen LogP contribution is -2.33. The summed E-state index contributed by atoms with van der Waals surface area (Å²) in [5.74, 6) is 0. The molecule has 0 amide bonds. The Kier molecular flexibility index (Phi) is 4.45. The minimum absolute atomic E-state index is 0.00790. The van der Waals surface area contributed by atoms with Gasteiger partial charge in [-0.3, -0.25) is 10.1 Å². The van der Waals surface area contributed by atoms with E-state index in [0.29, 0.717) is 12.8 Å². The maximum atomic E-state index is 12.3. The second-order valence-corrected chi connectivity index (χ2v) is 6.66. The fraction of sp³-hybridized carbons (Fsp3) is 0.500. The van der Waals surface area contributed by atoms with Gasteiger partial charge in [0.1, 0.15) is 0 Å². The summed E-state index contributed by atoms with van der Waals surface area (Å²) in [7, 11) is -2.43. The summed E-state index contributed by atoms with van der Waals surface area (Å²) in [5.41, 5.74) is 5.21. The van der Waals surface area contributed by atoms with E-state index < -0.39 is 25.5 Å². The Balaban J connectivity index is 2.28. The number of nitrogens with zero attached hydrogens (tertiary/aromatic N) is 1. The van der Waals surface area contributed by atoms with Crippen LogP contribution in [0.25, 0.3) is 0 Å². The van der Waals surface area contributed by atoms with Crippen molar-refractivity contribution in [1.29, 1.82) is 0 Å². The lowest BCUT2D eigenvalue weighted by atomic mass is 10.3. The van der Waals surface area contributed by atoms with Crippen LogP contribution in [0.4, 0.5) is 11.4 Å². The van der Waals surface area contributed by atoms with E-state index in [1.807, 2.05) is 0 Å². The van der Waals surface area contributed by atoms with Crippen molar-refractivity contribution in [1.82, 2.24) is 4.72 Å². The fourth-order valence-corrected chi connectivity index (χ4v) is 3.93. The quantitative estimate of drug-likeness (QED) is 0.475. The largest absolute Gasteiger partial charge is 0.399 e. The molecular formula is C12H17N3O5S. The van der Waals surface area contributed by atoms with Crippen molar-refractivity contribution in [3.8, 4) is 0 Å². The van der Waals surface area contributed by atoms with Gasteiger partial charge >= 0.3 is 0 Å². The van der Waals surface area contributed by atoms with Gasteiger partial charge in [-0.05, 0) is 31.4 Å². The first-order valence-electron chi connectivity index (χ1n) is 6.42. The SMILES string of the molecule is COC1CCC(NS(=O)(=O)c2cc(N)ccc2[N+](=O)[O-])C1. The van der Waals surface area contributed by atoms with E-state index in [-0.39, 0.29) is 17.8 Å². The standard InChI is InChI=1S/C12H17N3O5S/c1-20-10-4-3-9(7-10)14-21(18,19)12-6-8(13)2-5-11(12)15(16)17/h2,5-6,9-10,14H,3-4,7,13H2,1H3. The van der Waals surface area contributed by atoms with Gasteiger partial charge in [-0.2, -0.15) is 0 Å². The highest BCUT2D eigenvalue weighted by molar-refractivity contribution is 7.89. The molecule has 1 fully saturated rings. The van der Waals surface area contributed by atoms with Crippen LogP contribution in [0.5, 0.6) is 0 Å². The molecule has 1 aromatic carbocycles. The number of hydrogen-bond donors (Lipinski definition) is 2. The molecule has 0 spiro atoms. The van der Waals surface area contributed by atoms with Crippen LogP contribution in [0.3, 0.4) is 0 Å². The van der Waals surface area contributed by atoms with Crippen molar-refractivity contribution in [2.45, 2.75) is 36.3 Å². The Labute approximate surface area is 122 Å². The Morgan fingerprint density at radius 1 is 1.43 bits per heavy atom. The summed E-state index contributed by atoms with van der Waals surface area (Å²) in [6, 6.07) is 3.20. The summed E-state index contributed by atoms with van der Waals surface area (Å²) >= 11 is 0. The number of rotatable bonds is 5. The van der Waals surface area contributed by atoms with Crippen LogP contribution in [0.2, 0.25) is 0 Å². The molecule has 0 radical (unpaired) electrons. The third-order valence-electron chi connectivity index (χ3n) is 3.51. The second kappa shape index (κ2) is 5.96. The number of methoxy groups -OCH3 is 1. The van der Waals surface area contributed by atoms with Gasteiger partial charge in [-0.1, -0.05) is 0 Å². The van der Waals surface area contributed by atoms with Crippen molar-refractivity contribution >= 4 is 21.4 Å². The topological polar surface area (TPSA) is 125 Å². The smallest absolute Gasteiger partial charge is 0.289 e. The number of nitrogens with two attached hydrogens (primary N) is 1. The molecule has 0 aliphatic heterocycles. The highest BCUT2D eigenvalue weighted by atomic mass is 32.2. The molecule has 1 aliphatic carbocycles. The summed E-state index contributed by atoms with van der Waals surface area (Å²) in [6.45, 7) is 0. The first-order valence-corrected chi connectivity index (χ1v) is 7.91. The minimum Gasteiger partial charge on any atom is -0.399 e. The number of nitrogen functional groups attached to an aromatic ring is 1. The third-order valence-corrected chi connectivity index (χ3v) is 5.06. The summed E-state index contributed by atoms with van der Waals surface area (Å²) in [4.78, 5) is 9.82. The molecule has 9 heteroatoms. The maximum Gasteiger partial charge on any atom is 0.289 e. The maximum absolute atomic E-state index is 12.3. The number of nitrogens with one attached hydrogen (secondary N) is 1. The third kappa shape index (κ3) is 3.49. The predicted molar refractivity (Wildman–Crippen MR) is 76.3 cm³/mol. The molecule has 0 aromatic heterocycles. The molecule has 0 heterocycles. The molecule has 8 nitrogen and oxygen atoms in total. The molecule has 21 heavy (non-hydrogen) atoms. The van der Waals surface area contributed by atoms with Crippen LogP contribution in [0, 0.1) is 10.1 Å². The highest BCUT2D eigenvalue weighted by Crippen LogP contribution is 2.28. The molecule has 1 aliphatic rings. The van der Waals surface area contributed by atoms with Gasteiger partial charge in [0.25, 0.3) is 5.69 Å². The highest BCUT2D eigenvalue weighted by Gasteiger charge is 2.32. The Morgan fingerprint density at radius 2 is 2.14 bits per heavy atom. The van der Waals surface area contributed by atoms with Crippen LogP contribution >= 0.6 is 0 Å². The Morgan fingerprint density at radius 3 is 2.71 bits per heavy atom. The van der Waals surface area contributed by atoms with Gasteiger partial charge < -0.3 is 10.5 Å². The number of nitro benzene ring substituents is 1. The number of ether oxygens (including phenoxy) is 1. The Bertz CT molecular complexity index is 646. The zero-order valence-electron chi connectivity index (χ0n) is 11.5. The molecule has 1 aromatic rings. The van der Waals surface area contributed by atoms with E-state index in [4.69, 9.17) is 10.5 Å². The number of benzene rings is 1. The molecule has 2 rings (SSSR count). The van der Waals surface area contributed by atoms with E-state index in [2.05, 4.69) is 4.72 Å². The van der Waals surface area contributed by atoms with Gasteiger partial charge in [0.05, 0.1) is 11.0 Å². The van der Waals surface area contributed by atoms with Crippen molar-refractivity contribution in [2.75, 3.05) is 12.8 Å². The molecular weight excluding hydrogens is 298 g/mol. The molecule has 0 bridgehead atoms. The second-order valence-electron chi connectivity index (χ2n) is 4.97. The summed E-state index contributed by atoms with van der Waals surface area (Å²) in [5, 5.41) is 11.0. The predicted octanol–water partition coefficient (Wildman–Crippen LogP) is 1.02. The normalized spacial score (nSPS) is 22.3. The van der Waals surface area contributed by atoms with Gasteiger partial charge in [-0.15, -0.1) is 0 Å². The fourth-order valence-electron chi connectivity index (χ4n) is 2.44. The van der Waals surface area contributed by atoms with Crippen molar-refractivity contribution in [3.05, 3.63) is 28.3 Å². The number of sulfonamides is 1. The van der Waals surface area contributed by atoms with E-state index in [1.165, 1.54) is 6.07 Å². The molecule has 2 atom stereocenters. The first kappa shape index (κ1) is 15.7. The van der Waals surface area contributed by atoms with Crippen molar-refractivity contribution in [2.24, 2.45) is 0 Å². The van der Waals surface area contributed by atoms with Crippen molar-refractivity contribution in [3.63, 3.8) is 0 Å². The van der Waals surface area contributed by atoms with Crippen LogP contribution in [-0.4, -0.2) is 32.6 Å². The monoisotopic (exact) mass is 315 g/mol. The molecule has 116 valence electrons. The lowest BCUT2D eigenvalue weighted by Gasteiger charge is -2.13. The molecule has 1 saturated carbocycles.